The fraction of sp³-hybridized carbons (Fsp3) is 0.231. The van der Waals surface area contributed by atoms with Crippen LogP contribution in [0.1, 0.15) is 34.5 Å². The van der Waals surface area contributed by atoms with E-state index in [1.807, 2.05) is 18.2 Å². The summed E-state index contributed by atoms with van der Waals surface area (Å²) in [6.07, 6.45) is 4.24. The van der Waals surface area contributed by atoms with Gasteiger partial charge in [-0.15, -0.1) is 11.3 Å². The first-order valence-electron chi connectivity index (χ1n) is 11.2. The minimum atomic E-state index is -0.611. The zero-order valence-electron chi connectivity index (χ0n) is 19.0. The van der Waals surface area contributed by atoms with Gasteiger partial charge in [0, 0.05) is 23.7 Å². The molecule has 0 fully saturated rings. The van der Waals surface area contributed by atoms with Crippen LogP contribution in [0, 0.1) is 5.82 Å². The number of imidazole rings is 1. The van der Waals surface area contributed by atoms with E-state index in [0.717, 1.165) is 16.0 Å². The number of ether oxygens (including phenoxy) is 1. The first-order chi connectivity index (χ1) is 17.0. The number of aromatic nitrogens is 2. The lowest BCUT2D eigenvalue weighted by Gasteiger charge is -2.14. The predicted octanol–water partition coefficient (Wildman–Crippen LogP) is 5.30. The molecule has 2 aromatic heterocycles. The van der Waals surface area contributed by atoms with Crippen molar-refractivity contribution in [2.75, 3.05) is 0 Å². The smallest absolute Gasteiger partial charge is 0.268 e. The minimum Gasteiger partial charge on any atom is -0.489 e. The lowest BCUT2D eigenvalue weighted by atomic mass is 10.0. The second-order valence-electron chi connectivity index (χ2n) is 8.08. The van der Waals surface area contributed by atoms with Gasteiger partial charge in [0.25, 0.3) is 5.91 Å². The van der Waals surface area contributed by atoms with E-state index in [1.165, 1.54) is 28.9 Å². The third kappa shape index (κ3) is 7.42. The first-order valence-corrected chi connectivity index (χ1v) is 12.9. The molecule has 1 atom stereocenters. The Balaban J connectivity index is 1.28. The Morgan fingerprint density at radius 1 is 1.23 bits per heavy atom. The van der Waals surface area contributed by atoms with Crippen molar-refractivity contribution in [2.45, 2.75) is 47.6 Å². The van der Waals surface area contributed by atoms with Crippen molar-refractivity contribution in [1.29, 1.82) is 0 Å². The van der Waals surface area contributed by atoms with Crippen LogP contribution < -0.4 is 10.5 Å². The number of benzene rings is 2. The Hall–Kier alpha value is -3.14. The SMILES string of the molecule is NC(=O)c1cn(CC(O)CCCc2ccc(F)cc2OCc2ccc(Sc3cccs3)cc2)cn1. The molecule has 6 nitrogen and oxygen atoms in total. The van der Waals surface area contributed by atoms with Crippen LogP contribution in [0.5, 0.6) is 5.75 Å². The Kier molecular flexibility index (Phi) is 8.57. The molecule has 4 rings (SSSR count). The Morgan fingerprint density at radius 2 is 2.06 bits per heavy atom. The summed E-state index contributed by atoms with van der Waals surface area (Å²) in [7, 11) is 0. The van der Waals surface area contributed by atoms with Crippen LogP contribution in [0.15, 0.2) is 81.6 Å². The number of aliphatic hydroxyl groups is 1. The predicted molar refractivity (Wildman–Crippen MR) is 135 cm³/mol. The molecule has 0 aliphatic heterocycles. The molecule has 0 aliphatic rings. The largest absolute Gasteiger partial charge is 0.489 e. The summed E-state index contributed by atoms with van der Waals surface area (Å²) in [5, 5.41) is 12.4. The number of nitrogens with two attached hydrogens (primary N) is 1. The number of halogens is 1. The highest BCUT2D eigenvalue weighted by molar-refractivity contribution is 8.01. The van der Waals surface area contributed by atoms with Crippen LogP contribution in [-0.4, -0.2) is 26.7 Å². The number of amides is 1. The molecule has 0 saturated carbocycles. The van der Waals surface area contributed by atoms with Gasteiger partial charge in [-0.3, -0.25) is 4.79 Å². The molecule has 35 heavy (non-hydrogen) atoms. The quantitative estimate of drug-likeness (QED) is 0.270. The van der Waals surface area contributed by atoms with Crippen molar-refractivity contribution < 1.29 is 19.0 Å². The lowest BCUT2D eigenvalue weighted by molar-refractivity contribution is 0.0995. The fourth-order valence-electron chi connectivity index (χ4n) is 3.57. The summed E-state index contributed by atoms with van der Waals surface area (Å²) >= 11 is 3.43. The summed E-state index contributed by atoms with van der Waals surface area (Å²) in [6.45, 7) is 0.652. The Morgan fingerprint density at radius 3 is 2.77 bits per heavy atom. The van der Waals surface area contributed by atoms with Crippen molar-refractivity contribution in [3.63, 3.8) is 0 Å². The summed E-state index contributed by atoms with van der Waals surface area (Å²) in [6, 6.07) is 16.8. The van der Waals surface area contributed by atoms with E-state index in [4.69, 9.17) is 10.5 Å². The second-order valence-corrected chi connectivity index (χ2v) is 10.4. The third-order valence-corrected chi connectivity index (χ3v) is 7.40. The summed E-state index contributed by atoms with van der Waals surface area (Å²) < 4.78 is 22.7. The Labute approximate surface area is 211 Å². The van der Waals surface area contributed by atoms with E-state index < -0.39 is 12.0 Å². The molecule has 0 spiro atoms. The molecule has 0 aliphatic carbocycles. The van der Waals surface area contributed by atoms with E-state index in [-0.39, 0.29) is 11.5 Å². The molecule has 1 amide bonds. The number of hydrogen-bond acceptors (Lipinski definition) is 6. The highest BCUT2D eigenvalue weighted by Gasteiger charge is 2.11. The molecular weight excluding hydrogens is 485 g/mol. The minimum absolute atomic E-state index is 0.168. The molecule has 2 aromatic carbocycles. The number of aryl methyl sites for hydroxylation is 1. The molecule has 9 heteroatoms. The molecule has 1 unspecified atom stereocenters. The number of carbonyl (C=O) groups excluding carboxylic acids is 1. The van der Waals surface area contributed by atoms with E-state index in [2.05, 4.69) is 28.6 Å². The third-order valence-electron chi connectivity index (χ3n) is 5.35. The van der Waals surface area contributed by atoms with E-state index in [9.17, 15) is 14.3 Å². The van der Waals surface area contributed by atoms with Gasteiger partial charge in [-0.25, -0.2) is 9.37 Å². The average molecular weight is 512 g/mol. The van der Waals surface area contributed by atoms with Gasteiger partial charge in [0.05, 0.1) is 16.6 Å². The molecule has 0 radical (unpaired) electrons. The molecule has 0 saturated heterocycles. The first kappa shape index (κ1) is 25.0. The van der Waals surface area contributed by atoms with Gasteiger partial charge >= 0.3 is 0 Å². The van der Waals surface area contributed by atoms with Gasteiger partial charge in [-0.2, -0.15) is 0 Å². The maximum Gasteiger partial charge on any atom is 0.268 e. The number of aliphatic hydroxyl groups excluding tert-OH is 1. The van der Waals surface area contributed by atoms with Gasteiger partial charge in [0.15, 0.2) is 0 Å². The number of thiophene rings is 1. The molecule has 3 N–H and O–H groups in total. The van der Waals surface area contributed by atoms with E-state index >= 15 is 0 Å². The monoisotopic (exact) mass is 511 g/mol. The van der Waals surface area contributed by atoms with Gasteiger partial charge in [-0.1, -0.05) is 36.0 Å². The number of carbonyl (C=O) groups is 1. The molecule has 182 valence electrons. The molecule has 2 heterocycles. The Bertz CT molecular complexity index is 1240. The second kappa shape index (κ2) is 12.0. The number of rotatable bonds is 12. The summed E-state index contributed by atoms with van der Waals surface area (Å²) in [4.78, 5) is 16.2. The van der Waals surface area contributed by atoms with Crippen LogP contribution in [-0.2, 0) is 19.6 Å². The van der Waals surface area contributed by atoms with Crippen molar-refractivity contribution in [2.24, 2.45) is 5.73 Å². The maximum atomic E-state index is 13.9. The number of hydrogen-bond donors (Lipinski definition) is 2. The zero-order valence-corrected chi connectivity index (χ0v) is 20.6. The average Bonchev–Trinajstić information content (AvgIpc) is 3.52. The van der Waals surface area contributed by atoms with Gasteiger partial charge in [0.1, 0.15) is 23.9 Å². The van der Waals surface area contributed by atoms with Gasteiger partial charge in [0.2, 0.25) is 0 Å². The maximum absolute atomic E-state index is 13.9. The van der Waals surface area contributed by atoms with Crippen molar-refractivity contribution in [1.82, 2.24) is 9.55 Å². The topological polar surface area (TPSA) is 90.4 Å². The van der Waals surface area contributed by atoms with E-state index in [0.29, 0.717) is 38.2 Å². The summed E-state index contributed by atoms with van der Waals surface area (Å²) in [5.74, 6) is -0.440. The van der Waals surface area contributed by atoms with Crippen LogP contribution in [0.3, 0.4) is 0 Å². The van der Waals surface area contributed by atoms with Crippen LogP contribution >= 0.6 is 23.1 Å². The standard InChI is InChI=1S/C26H26FN3O3S2/c27-20-9-8-19(3-1-4-21(31)14-30-15-23(26(28)32)29-17-30)24(13-20)33-16-18-6-10-22(11-7-18)35-25-5-2-12-34-25/h2,5-13,15,17,21,31H,1,3-4,14,16H2,(H2,28,32). The lowest BCUT2D eigenvalue weighted by Crippen LogP contribution is -2.15. The van der Waals surface area contributed by atoms with Crippen LogP contribution in [0.2, 0.25) is 0 Å². The normalized spacial score (nSPS) is 11.9. The molecule has 0 bridgehead atoms. The zero-order chi connectivity index (χ0) is 24.6. The molecular formula is C26H26FN3O3S2. The van der Waals surface area contributed by atoms with Crippen molar-refractivity contribution in [3.05, 3.63) is 95.1 Å². The number of primary amides is 1. The van der Waals surface area contributed by atoms with Gasteiger partial charge in [-0.05, 0) is 60.0 Å². The number of nitrogens with zero attached hydrogens (tertiary/aromatic N) is 2. The fourth-order valence-corrected chi connectivity index (χ4v) is 5.32. The highest BCUT2D eigenvalue weighted by Crippen LogP contribution is 2.31. The van der Waals surface area contributed by atoms with Crippen LogP contribution in [0.25, 0.3) is 0 Å². The molecule has 4 aromatic rings. The van der Waals surface area contributed by atoms with Crippen molar-refractivity contribution >= 4 is 29.0 Å². The van der Waals surface area contributed by atoms with Crippen molar-refractivity contribution in [3.8, 4) is 5.75 Å². The van der Waals surface area contributed by atoms with Gasteiger partial charge < -0.3 is 20.1 Å². The highest BCUT2D eigenvalue weighted by atomic mass is 32.2. The summed E-state index contributed by atoms with van der Waals surface area (Å²) in [5.41, 5.74) is 7.26. The van der Waals surface area contributed by atoms with Crippen LogP contribution in [0.4, 0.5) is 4.39 Å². The van der Waals surface area contributed by atoms with E-state index in [1.54, 1.807) is 33.7 Å².